The summed E-state index contributed by atoms with van der Waals surface area (Å²) < 4.78 is 0. The molecule has 0 N–H and O–H groups in total. The van der Waals surface area contributed by atoms with Crippen LogP contribution in [0.15, 0.2) is 0 Å². The lowest BCUT2D eigenvalue weighted by molar-refractivity contribution is -0.114. The topological polar surface area (TPSA) is 17.1 Å². The number of carbonyl (C=O) groups is 1. The SMILES string of the molecule is CCCCC#CC(=O)CCC1CCCC1. The maximum absolute atomic E-state index is 11.4. The minimum Gasteiger partial charge on any atom is -0.285 e. The summed E-state index contributed by atoms with van der Waals surface area (Å²) in [5.41, 5.74) is 0. The molecule has 0 aromatic rings. The maximum atomic E-state index is 11.4. The Kier molecular flexibility index (Phi) is 6.16. The van der Waals surface area contributed by atoms with E-state index in [9.17, 15) is 4.79 Å². The monoisotopic (exact) mass is 206 g/mol. The van der Waals surface area contributed by atoms with E-state index in [1.807, 2.05) is 0 Å². The molecule has 1 saturated carbocycles. The lowest BCUT2D eigenvalue weighted by atomic mass is 10.0. The third kappa shape index (κ3) is 5.62. The Morgan fingerprint density at radius 1 is 1.33 bits per heavy atom. The number of hydrogen-bond donors (Lipinski definition) is 0. The molecule has 15 heavy (non-hydrogen) atoms. The summed E-state index contributed by atoms with van der Waals surface area (Å²) in [7, 11) is 0. The van der Waals surface area contributed by atoms with E-state index in [0.29, 0.717) is 6.42 Å². The second-order valence-corrected chi connectivity index (χ2v) is 4.52. The molecule has 0 aromatic carbocycles. The van der Waals surface area contributed by atoms with E-state index in [0.717, 1.165) is 31.6 Å². The fourth-order valence-electron chi connectivity index (χ4n) is 2.12. The molecule has 0 amide bonds. The highest BCUT2D eigenvalue weighted by atomic mass is 16.1. The van der Waals surface area contributed by atoms with Crippen LogP contribution in [0.3, 0.4) is 0 Å². The molecule has 1 heteroatoms. The van der Waals surface area contributed by atoms with Gasteiger partial charge in [0.1, 0.15) is 0 Å². The Balaban J connectivity index is 2.08. The number of hydrogen-bond acceptors (Lipinski definition) is 1. The van der Waals surface area contributed by atoms with Crippen molar-refractivity contribution in [3.8, 4) is 11.8 Å². The predicted molar refractivity (Wildman–Crippen MR) is 63.5 cm³/mol. The molecule has 0 saturated heterocycles. The highest BCUT2D eigenvalue weighted by Gasteiger charge is 2.15. The number of unbranched alkanes of at least 4 members (excludes halogenated alkanes) is 2. The van der Waals surface area contributed by atoms with Crippen molar-refractivity contribution in [3.63, 3.8) is 0 Å². The Hall–Kier alpha value is -0.770. The van der Waals surface area contributed by atoms with Gasteiger partial charge in [0.15, 0.2) is 0 Å². The third-order valence-corrected chi connectivity index (χ3v) is 3.14. The molecule has 1 rings (SSSR count). The maximum Gasteiger partial charge on any atom is 0.205 e. The van der Waals surface area contributed by atoms with Crippen LogP contribution in [0.4, 0.5) is 0 Å². The molecule has 0 bridgehead atoms. The van der Waals surface area contributed by atoms with Crippen molar-refractivity contribution < 1.29 is 4.79 Å². The number of ketones is 1. The first kappa shape index (κ1) is 12.3. The molecule has 0 atom stereocenters. The van der Waals surface area contributed by atoms with Gasteiger partial charge in [-0.25, -0.2) is 0 Å². The van der Waals surface area contributed by atoms with Gasteiger partial charge < -0.3 is 0 Å². The summed E-state index contributed by atoms with van der Waals surface area (Å²) in [5.74, 6) is 6.68. The minimum atomic E-state index is 0.151. The van der Waals surface area contributed by atoms with Gasteiger partial charge in [-0.05, 0) is 24.7 Å². The lowest BCUT2D eigenvalue weighted by Gasteiger charge is -2.04. The van der Waals surface area contributed by atoms with Gasteiger partial charge >= 0.3 is 0 Å². The summed E-state index contributed by atoms with van der Waals surface area (Å²) in [6.45, 7) is 2.14. The van der Waals surface area contributed by atoms with Crippen LogP contribution in [0.1, 0.15) is 64.7 Å². The molecule has 1 aliphatic carbocycles. The normalized spacial score (nSPS) is 16.1. The predicted octanol–water partition coefficient (Wildman–Crippen LogP) is 3.72. The van der Waals surface area contributed by atoms with Crippen molar-refractivity contribution >= 4 is 5.78 Å². The number of Topliss-reactive ketones (excluding diaryl/α,β-unsaturated/α-hetero) is 1. The molecule has 0 radical (unpaired) electrons. The van der Waals surface area contributed by atoms with E-state index in [4.69, 9.17) is 0 Å². The molecule has 1 nitrogen and oxygen atoms in total. The molecule has 0 heterocycles. The number of rotatable bonds is 5. The third-order valence-electron chi connectivity index (χ3n) is 3.14. The Morgan fingerprint density at radius 2 is 2.07 bits per heavy atom. The first-order chi connectivity index (χ1) is 7.33. The summed E-state index contributed by atoms with van der Waals surface area (Å²) in [6.07, 6.45) is 10.3. The highest BCUT2D eigenvalue weighted by molar-refractivity contribution is 5.95. The van der Waals surface area contributed by atoms with Crippen LogP contribution in [-0.2, 0) is 4.79 Å². The second-order valence-electron chi connectivity index (χ2n) is 4.52. The van der Waals surface area contributed by atoms with Crippen LogP contribution < -0.4 is 0 Å². The molecular weight excluding hydrogens is 184 g/mol. The van der Waals surface area contributed by atoms with Gasteiger partial charge in [-0.1, -0.05) is 44.9 Å². The van der Waals surface area contributed by atoms with E-state index in [2.05, 4.69) is 18.8 Å². The van der Waals surface area contributed by atoms with Crippen molar-refractivity contribution in [1.82, 2.24) is 0 Å². The van der Waals surface area contributed by atoms with E-state index < -0.39 is 0 Å². The van der Waals surface area contributed by atoms with Crippen LogP contribution in [-0.4, -0.2) is 5.78 Å². The zero-order valence-corrected chi connectivity index (χ0v) is 9.85. The van der Waals surface area contributed by atoms with Crippen LogP contribution in [0, 0.1) is 17.8 Å². The average Bonchev–Trinajstić information content (AvgIpc) is 2.74. The fourth-order valence-corrected chi connectivity index (χ4v) is 2.12. The average molecular weight is 206 g/mol. The van der Waals surface area contributed by atoms with Gasteiger partial charge in [-0.3, -0.25) is 4.79 Å². The summed E-state index contributed by atoms with van der Waals surface area (Å²) >= 11 is 0. The van der Waals surface area contributed by atoms with Crippen molar-refractivity contribution in [2.45, 2.75) is 64.7 Å². The molecule has 0 unspecified atom stereocenters. The van der Waals surface area contributed by atoms with Gasteiger partial charge in [-0.2, -0.15) is 0 Å². The molecular formula is C14H22O. The zero-order valence-electron chi connectivity index (χ0n) is 9.85. The van der Waals surface area contributed by atoms with E-state index in [1.165, 1.54) is 25.7 Å². The van der Waals surface area contributed by atoms with Crippen LogP contribution in [0.25, 0.3) is 0 Å². The van der Waals surface area contributed by atoms with Crippen molar-refractivity contribution in [1.29, 1.82) is 0 Å². The fraction of sp³-hybridized carbons (Fsp3) is 0.786. The van der Waals surface area contributed by atoms with E-state index in [1.54, 1.807) is 0 Å². The Morgan fingerprint density at radius 3 is 2.73 bits per heavy atom. The first-order valence-electron chi connectivity index (χ1n) is 6.34. The summed E-state index contributed by atoms with van der Waals surface area (Å²) in [6, 6.07) is 0. The summed E-state index contributed by atoms with van der Waals surface area (Å²) in [5, 5.41) is 0. The Bertz CT molecular complexity index is 238. The first-order valence-corrected chi connectivity index (χ1v) is 6.34. The molecule has 1 aliphatic rings. The van der Waals surface area contributed by atoms with Gasteiger partial charge in [0, 0.05) is 12.8 Å². The van der Waals surface area contributed by atoms with Gasteiger partial charge in [-0.15, -0.1) is 0 Å². The van der Waals surface area contributed by atoms with Gasteiger partial charge in [0.05, 0.1) is 0 Å². The van der Waals surface area contributed by atoms with Crippen LogP contribution >= 0.6 is 0 Å². The van der Waals surface area contributed by atoms with Crippen molar-refractivity contribution in [2.24, 2.45) is 5.92 Å². The standard InChI is InChI=1S/C14H22O/c1-2-3-4-5-10-14(15)12-11-13-8-6-7-9-13/h13H,2-4,6-9,11-12H2,1H3. The van der Waals surface area contributed by atoms with E-state index in [-0.39, 0.29) is 5.78 Å². The second kappa shape index (κ2) is 7.51. The van der Waals surface area contributed by atoms with Gasteiger partial charge in [0.25, 0.3) is 0 Å². The van der Waals surface area contributed by atoms with Crippen molar-refractivity contribution in [3.05, 3.63) is 0 Å². The summed E-state index contributed by atoms with van der Waals surface area (Å²) in [4.78, 5) is 11.4. The minimum absolute atomic E-state index is 0.151. The van der Waals surface area contributed by atoms with E-state index >= 15 is 0 Å². The van der Waals surface area contributed by atoms with Crippen molar-refractivity contribution in [2.75, 3.05) is 0 Å². The Labute approximate surface area is 93.6 Å². The molecule has 1 fully saturated rings. The zero-order chi connectivity index (χ0) is 10.9. The van der Waals surface area contributed by atoms with Crippen LogP contribution in [0.2, 0.25) is 0 Å². The number of carbonyl (C=O) groups excluding carboxylic acids is 1. The highest BCUT2D eigenvalue weighted by Crippen LogP contribution is 2.28. The van der Waals surface area contributed by atoms with Gasteiger partial charge in [0.2, 0.25) is 5.78 Å². The lowest BCUT2D eigenvalue weighted by Crippen LogP contribution is -1.99. The molecule has 84 valence electrons. The molecule has 0 aromatic heterocycles. The quantitative estimate of drug-likeness (QED) is 0.380. The molecule has 0 spiro atoms. The largest absolute Gasteiger partial charge is 0.285 e. The smallest absolute Gasteiger partial charge is 0.205 e. The van der Waals surface area contributed by atoms with Crippen LogP contribution in [0.5, 0.6) is 0 Å². The molecule has 0 aliphatic heterocycles.